The van der Waals surface area contributed by atoms with Gasteiger partial charge in [0.1, 0.15) is 0 Å². The van der Waals surface area contributed by atoms with Crippen molar-refractivity contribution in [1.29, 1.82) is 0 Å². The third-order valence-electron chi connectivity index (χ3n) is 9.41. The van der Waals surface area contributed by atoms with Crippen molar-refractivity contribution in [2.75, 3.05) is 0 Å². The maximum atomic E-state index is 3.07. The lowest BCUT2D eigenvalue weighted by molar-refractivity contribution is 0.402. The first-order valence-corrected chi connectivity index (χ1v) is 19.1. The van der Waals surface area contributed by atoms with Gasteiger partial charge >= 0.3 is 0 Å². The Morgan fingerprint density at radius 1 is 0.382 bits per heavy atom. The Morgan fingerprint density at radius 2 is 0.529 bits per heavy atom. The summed E-state index contributed by atoms with van der Waals surface area (Å²) in [5, 5.41) is 0. The molecule has 1 rings (SSSR count). The highest BCUT2D eigenvalue weighted by atomic mass is 28.3. The summed E-state index contributed by atoms with van der Waals surface area (Å²) in [7, 11) is -3.75. The van der Waals surface area contributed by atoms with Gasteiger partial charge in [-0.1, -0.05) is 111 Å². The molecule has 0 bridgehead atoms. The number of rotatable bonds is 12. The molecule has 200 valence electrons. The van der Waals surface area contributed by atoms with Gasteiger partial charge in [0.2, 0.25) is 0 Å². The van der Waals surface area contributed by atoms with Crippen molar-refractivity contribution in [1.82, 2.24) is 9.13 Å². The van der Waals surface area contributed by atoms with Crippen molar-refractivity contribution in [3.63, 3.8) is 0 Å². The lowest BCUT2D eigenvalue weighted by Gasteiger charge is -2.61. The fourth-order valence-electron chi connectivity index (χ4n) is 8.77. The highest BCUT2D eigenvalue weighted by molar-refractivity contribution is 6.82. The van der Waals surface area contributed by atoms with E-state index >= 15 is 0 Å². The quantitative estimate of drug-likeness (QED) is 0.243. The van der Waals surface area contributed by atoms with Gasteiger partial charge in [0.15, 0.2) is 16.5 Å². The molecule has 1 aliphatic heterocycles. The number of nitrogens with zero attached hydrogens (tertiary/aromatic N) is 2. The van der Waals surface area contributed by atoms with Crippen molar-refractivity contribution >= 4 is 16.5 Å². The summed E-state index contributed by atoms with van der Waals surface area (Å²) >= 11 is 0. The van der Waals surface area contributed by atoms with E-state index in [4.69, 9.17) is 0 Å². The van der Waals surface area contributed by atoms with Gasteiger partial charge in [0.25, 0.3) is 0 Å². The first-order valence-electron chi connectivity index (χ1n) is 14.7. The second kappa shape index (κ2) is 12.2. The molecule has 0 radical (unpaired) electrons. The first kappa shape index (κ1) is 31.5. The third-order valence-corrected chi connectivity index (χ3v) is 23.1. The molecule has 0 aromatic carbocycles. The minimum atomic E-state index is -1.87. The van der Waals surface area contributed by atoms with Gasteiger partial charge in [0.05, 0.1) is 0 Å². The second-order valence-electron chi connectivity index (χ2n) is 12.6. The van der Waals surface area contributed by atoms with Crippen molar-refractivity contribution < 1.29 is 0 Å². The molecule has 0 saturated carbocycles. The Labute approximate surface area is 217 Å². The average Bonchev–Trinajstić information content (AvgIpc) is 2.72. The van der Waals surface area contributed by atoms with Gasteiger partial charge in [-0.05, 0) is 58.9 Å². The summed E-state index contributed by atoms with van der Waals surface area (Å²) in [5.74, 6) is 0. The van der Waals surface area contributed by atoms with E-state index in [1.165, 1.54) is 0 Å². The molecule has 0 atom stereocenters. The van der Waals surface area contributed by atoms with Gasteiger partial charge in [-0.15, -0.1) is 0 Å². The molecule has 34 heavy (non-hydrogen) atoms. The van der Waals surface area contributed by atoms with Crippen LogP contribution in [0.25, 0.3) is 0 Å². The van der Waals surface area contributed by atoms with Crippen LogP contribution in [0.1, 0.15) is 136 Å². The smallest absolute Gasteiger partial charge is 0.169 e. The fourth-order valence-corrected chi connectivity index (χ4v) is 22.9. The van der Waals surface area contributed by atoms with Gasteiger partial charge < -0.3 is 9.13 Å². The summed E-state index contributed by atoms with van der Waals surface area (Å²) in [4.78, 5) is 0. The van der Waals surface area contributed by atoms with Gasteiger partial charge in [-0.25, -0.2) is 0 Å². The van der Waals surface area contributed by atoms with E-state index in [9.17, 15) is 0 Å². The van der Waals surface area contributed by atoms with E-state index in [1.54, 1.807) is 22.8 Å². The predicted molar refractivity (Wildman–Crippen MR) is 161 cm³/mol. The van der Waals surface area contributed by atoms with E-state index in [-0.39, 0.29) is 0 Å². The third kappa shape index (κ3) is 4.64. The largest absolute Gasteiger partial charge is 0.372 e. The molecule has 0 fully saturated rings. The molecule has 0 aliphatic carbocycles. The SMILES string of the molecule is CCC1=C(CC)N([Si](C(C)C)(C(C)C)C(C)C)C(CC)=C(CC)N1[Si](C(C)C)(C(C)C)C(C)C. The number of hydrogen-bond acceptors (Lipinski definition) is 2. The zero-order chi connectivity index (χ0) is 26.8. The molecule has 0 aromatic heterocycles. The van der Waals surface area contributed by atoms with Crippen LogP contribution in [0.2, 0.25) is 33.2 Å². The van der Waals surface area contributed by atoms with Crippen molar-refractivity contribution in [3.8, 4) is 0 Å². The Morgan fingerprint density at radius 3 is 0.618 bits per heavy atom. The molecular formula is C30H62N2Si2. The van der Waals surface area contributed by atoms with Crippen molar-refractivity contribution in [2.45, 2.75) is 170 Å². The van der Waals surface area contributed by atoms with Crippen LogP contribution < -0.4 is 0 Å². The van der Waals surface area contributed by atoms with E-state index in [2.05, 4.69) is 120 Å². The fraction of sp³-hybridized carbons (Fsp3) is 0.867. The standard InChI is InChI=1S/C30H62N2Si2/c1-17-27-28(18-2)32(34(24(11)12,25(13)14)26(15)16)30(20-4)29(19-3)31(27)33(21(5)6,22(7)8)23(9)10/h21-26H,17-20H2,1-16H3. The lowest BCUT2D eigenvalue weighted by atomic mass is 10.1. The van der Waals surface area contributed by atoms with Crippen molar-refractivity contribution in [3.05, 3.63) is 22.8 Å². The zero-order valence-electron chi connectivity index (χ0n) is 26.2. The first-order chi connectivity index (χ1) is 15.7. The minimum Gasteiger partial charge on any atom is -0.372 e. The Balaban J connectivity index is 4.35. The van der Waals surface area contributed by atoms with Crippen LogP contribution in [0.15, 0.2) is 22.8 Å². The van der Waals surface area contributed by atoms with Crippen LogP contribution in [0, 0.1) is 0 Å². The van der Waals surface area contributed by atoms with Crippen LogP contribution in [0.5, 0.6) is 0 Å². The van der Waals surface area contributed by atoms with Gasteiger partial charge in [0, 0.05) is 22.8 Å². The van der Waals surface area contributed by atoms with Gasteiger partial charge in [-0.2, -0.15) is 0 Å². The van der Waals surface area contributed by atoms with Crippen LogP contribution >= 0.6 is 0 Å². The highest BCUT2D eigenvalue weighted by Crippen LogP contribution is 2.55. The number of allylic oxidation sites excluding steroid dienone is 4. The summed E-state index contributed by atoms with van der Waals surface area (Å²) in [6, 6.07) is 0. The molecule has 0 amide bonds. The van der Waals surface area contributed by atoms with E-state index in [0.29, 0.717) is 33.2 Å². The average molecular weight is 507 g/mol. The van der Waals surface area contributed by atoms with Crippen LogP contribution in [0.4, 0.5) is 0 Å². The maximum absolute atomic E-state index is 3.07. The van der Waals surface area contributed by atoms with Crippen LogP contribution in [0.3, 0.4) is 0 Å². The normalized spacial score (nSPS) is 16.8. The van der Waals surface area contributed by atoms with Gasteiger partial charge in [-0.3, -0.25) is 0 Å². The summed E-state index contributed by atoms with van der Waals surface area (Å²) in [6.07, 6.45) is 4.55. The molecule has 0 N–H and O–H groups in total. The monoisotopic (exact) mass is 506 g/mol. The summed E-state index contributed by atoms with van der Waals surface area (Å²) < 4.78 is 6.14. The Hall–Kier alpha value is -0.486. The minimum absolute atomic E-state index is 0.709. The van der Waals surface area contributed by atoms with Crippen LogP contribution in [-0.2, 0) is 0 Å². The Bertz CT molecular complexity index is 595. The maximum Gasteiger partial charge on any atom is 0.169 e. The van der Waals surface area contributed by atoms with E-state index in [1.807, 2.05) is 0 Å². The molecule has 1 heterocycles. The second-order valence-corrected chi connectivity index (χ2v) is 23.9. The molecule has 0 unspecified atom stereocenters. The predicted octanol–water partition coefficient (Wildman–Crippen LogP) is 11.0. The summed E-state index contributed by atoms with van der Waals surface area (Å²) in [6.45, 7) is 40.1. The lowest BCUT2D eigenvalue weighted by Crippen LogP contribution is -2.65. The van der Waals surface area contributed by atoms with Crippen molar-refractivity contribution in [2.24, 2.45) is 0 Å². The summed E-state index contributed by atoms with van der Waals surface area (Å²) in [5.41, 5.74) is 11.0. The van der Waals surface area contributed by atoms with Crippen LogP contribution in [-0.4, -0.2) is 25.6 Å². The molecule has 0 aromatic rings. The highest BCUT2D eigenvalue weighted by Gasteiger charge is 2.56. The molecule has 0 saturated heterocycles. The van der Waals surface area contributed by atoms with E-state index < -0.39 is 16.5 Å². The van der Waals surface area contributed by atoms with E-state index in [0.717, 1.165) is 25.7 Å². The molecular weight excluding hydrogens is 445 g/mol. The topological polar surface area (TPSA) is 6.48 Å². The molecule has 0 spiro atoms. The zero-order valence-corrected chi connectivity index (χ0v) is 28.2. The molecule has 2 nitrogen and oxygen atoms in total. The molecule has 1 aliphatic rings. The Kier molecular flexibility index (Phi) is 11.3. The molecule has 4 heteroatoms. The number of hydrogen-bond donors (Lipinski definition) is 0.